The first-order valence-electron chi connectivity index (χ1n) is 9.31. The number of hydrogen-bond donors (Lipinski definition) is 0. The van der Waals surface area contributed by atoms with E-state index < -0.39 is 0 Å². The molecule has 0 spiro atoms. The molecule has 1 saturated carbocycles. The molecule has 1 amide bonds. The van der Waals surface area contributed by atoms with Gasteiger partial charge in [-0.1, -0.05) is 37.3 Å². The summed E-state index contributed by atoms with van der Waals surface area (Å²) in [5.41, 5.74) is 0.893. The molecule has 1 saturated heterocycles. The Morgan fingerprint density at radius 2 is 1.92 bits per heavy atom. The smallest absolute Gasteiger partial charge is 0.233 e. The van der Waals surface area contributed by atoms with Crippen LogP contribution in [-0.4, -0.2) is 39.0 Å². The Balaban J connectivity index is 1.26. The van der Waals surface area contributed by atoms with E-state index in [0.29, 0.717) is 31.2 Å². The van der Waals surface area contributed by atoms with Crippen molar-refractivity contribution in [1.29, 1.82) is 0 Å². The van der Waals surface area contributed by atoms with Gasteiger partial charge in [0.1, 0.15) is 0 Å². The van der Waals surface area contributed by atoms with Gasteiger partial charge in [-0.3, -0.25) is 9.78 Å². The van der Waals surface area contributed by atoms with E-state index in [-0.39, 0.29) is 11.8 Å². The number of carbonyl (C=O) groups excluding carboxylic acids is 1. The molecule has 0 unspecified atom stereocenters. The Labute approximate surface area is 147 Å². The van der Waals surface area contributed by atoms with E-state index in [4.69, 9.17) is 4.52 Å². The largest absolute Gasteiger partial charge is 0.341 e. The average Bonchev–Trinajstić information content (AvgIpc) is 3.10. The van der Waals surface area contributed by atoms with Crippen molar-refractivity contribution >= 4 is 5.91 Å². The summed E-state index contributed by atoms with van der Waals surface area (Å²) in [5, 5.41) is 4.04. The maximum Gasteiger partial charge on any atom is 0.233 e. The number of aromatic nitrogens is 3. The highest BCUT2D eigenvalue weighted by Gasteiger charge is 2.35. The van der Waals surface area contributed by atoms with Crippen molar-refractivity contribution in [2.45, 2.75) is 50.9 Å². The van der Waals surface area contributed by atoms with Gasteiger partial charge in [0, 0.05) is 37.5 Å². The number of rotatable bonds is 5. The zero-order valence-electron chi connectivity index (χ0n) is 14.4. The molecule has 132 valence electrons. The predicted octanol–water partition coefficient (Wildman–Crippen LogP) is 3.42. The normalized spacial score (nSPS) is 19.0. The SMILES string of the molecule is O=C(CCC1CCCCC1)N1CC(c2nc(-c3ccncc3)no2)C1. The Kier molecular flexibility index (Phi) is 4.76. The quantitative estimate of drug-likeness (QED) is 0.834. The molecule has 1 aliphatic carbocycles. The van der Waals surface area contributed by atoms with Crippen LogP contribution in [0.5, 0.6) is 0 Å². The van der Waals surface area contributed by atoms with Crippen LogP contribution in [0.25, 0.3) is 11.4 Å². The maximum absolute atomic E-state index is 12.3. The Morgan fingerprint density at radius 1 is 1.16 bits per heavy atom. The summed E-state index contributed by atoms with van der Waals surface area (Å²) < 4.78 is 5.39. The number of pyridine rings is 1. The minimum atomic E-state index is 0.168. The number of hydrogen-bond acceptors (Lipinski definition) is 5. The first-order valence-corrected chi connectivity index (χ1v) is 9.31. The summed E-state index contributed by atoms with van der Waals surface area (Å²) in [6, 6.07) is 3.72. The lowest BCUT2D eigenvalue weighted by molar-refractivity contribution is -0.136. The fourth-order valence-electron chi connectivity index (χ4n) is 3.82. The van der Waals surface area contributed by atoms with Gasteiger partial charge in [-0.25, -0.2) is 0 Å². The Hall–Kier alpha value is -2.24. The predicted molar refractivity (Wildman–Crippen MR) is 92.7 cm³/mol. The molecule has 25 heavy (non-hydrogen) atoms. The van der Waals surface area contributed by atoms with Gasteiger partial charge >= 0.3 is 0 Å². The monoisotopic (exact) mass is 340 g/mol. The van der Waals surface area contributed by atoms with Crippen LogP contribution < -0.4 is 0 Å². The van der Waals surface area contributed by atoms with Gasteiger partial charge < -0.3 is 9.42 Å². The molecule has 0 bridgehead atoms. The van der Waals surface area contributed by atoms with Crippen molar-refractivity contribution in [3.05, 3.63) is 30.4 Å². The third-order valence-corrected chi connectivity index (χ3v) is 5.45. The number of nitrogens with zero attached hydrogens (tertiary/aromatic N) is 4. The Morgan fingerprint density at radius 3 is 2.68 bits per heavy atom. The molecule has 6 nitrogen and oxygen atoms in total. The first-order chi connectivity index (χ1) is 12.3. The van der Waals surface area contributed by atoms with Crippen LogP contribution in [0.4, 0.5) is 0 Å². The Bertz CT molecular complexity index is 703. The fourth-order valence-corrected chi connectivity index (χ4v) is 3.82. The van der Waals surface area contributed by atoms with Crippen molar-refractivity contribution in [2.24, 2.45) is 5.92 Å². The van der Waals surface area contributed by atoms with E-state index in [0.717, 1.165) is 17.9 Å². The van der Waals surface area contributed by atoms with Crippen LogP contribution in [0.3, 0.4) is 0 Å². The molecule has 2 fully saturated rings. The molecule has 2 aromatic rings. The van der Waals surface area contributed by atoms with Gasteiger partial charge in [0.25, 0.3) is 0 Å². The van der Waals surface area contributed by atoms with E-state index >= 15 is 0 Å². The minimum Gasteiger partial charge on any atom is -0.341 e. The highest BCUT2D eigenvalue weighted by Crippen LogP contribution is 2.30. The minimum absolute atomic E-state index is 0.168. The first kappa shape index (κ1) is 16.2. The van der Waals surface area contributed by atoms with Crippen LogP contribution in [-0.2, 0) is 4.79 Å². The molecule has 4 rings (SSSR count). The summed E-state index contributed by atoms with van der Waals surface area (Å²) in [6.07, 6.45) is 11.8. The lowest BCUT2D eigenvalue weighted by Crippen LogP contribution is -2.48. The van der Waals surface area contributed by atoms with E-state index in [1.54, 1.807) is 12.4 Å². The molecule has 1 aliphatic heterocycles. The molecule has 2 aromatic heterocycles. The average molecular weight is 340 g/mol. The van der Waals surface area contributed by atoms with E-state index in [1.165, 1.54) is 32.1 Å². The van der Waals surface area contributed by atoms with Crippen molar-refractivity contribution in [3.63, 3.8) is 0 Å². The van der Waals surface area contributed by atoms with Gasteiger partial charge in [0.2, 0.25) is 17.6 Å². The van der Waals surface area contributed by atoms with Gasteiger partial charge in [-0.15, -0.1) is 0 Å². The summed E-state index contributed by atoms with van der Waals surface area (Å²) >= 11 is 0. The highest BCUT2D eigenvalue weighted by molar-refractivity contribution is 5.77. The molecule has 0 radical (unpaired) electrons. The van der Waals surface area contributed by atoms with Gasteiger partial charge in [0.05, 0.1) is 5.92 Å². The molecule has 2 aliphatic rings. The zero-order valence-corrected chi connectivity index (χ0v) is 14.4. The zero-order chi connectivity index (χ0) is 17.1. The molecule has 6 heteroatoms. The van der Waals surface area contributed by atoms with Crippen LogP contribution in [0.2, 0.25) is 0 Å². The van der Waals surface area contributed by atoms with Crippen LogP contribution in [0.15, 0.2) is 29.0 Å². The molecular formula is C19H24N4O2. The summed E-state index contributed by atoms with van der Waals surface area (Å²) in [4.78, 5) is 22.7. The van der Waals surface area contributed by atoms with Crippen molar-refractivity contribution < 1.29 is 9.32 Å². The van der Waals surface area contributed by atoms with Crippen molar-refractivity contribution in [1.82, 2.24) is 20.0 Å². The number of amides is 1. The molecule has 3 heterocycles. The van der Waals surface area contributed by atoms with E-state index in [9.17, 15) is 4.79 Å². The van der Waals surface area contributed by atoms with Crippen LogP contribution in [0, 0.1) is 5.92 Å². The molecule has 0 atom stereocenters. The summed E-state index contributed by atoms with van der Waals surface area (Å²) in [7, 11) is 0. The fraction of sp³-hybridized carbons (Fsp3) is 0.579. The van der Waals surface area contributed by atoms with E-state index in [1.807, 2.05) is 17.0 Å². The van der Waals surface area contributed by atoms with Gasteiger partial charge in [-0.2, -0.15) is 4.98 Å². The second-order valence-electron chi connectivity index (χ2n) is 7.23. The van der Waals surface area contributed by atoms with Crippen LogP contribution >= 0.6 is 0 Å². The lowest BCUT2D eigenvalue weighted by atomic mass is 9.86. The molecular weight excluding hydrogens is 316 g/mol. The number of likely N-dealkylation sites (tertiary alicyclic amines) is 1. The highest BCUT2D eigenvalue weighted by atomic mass is 16.5. The lowest BCUT2D eigenvalue weighted by Gasteiger charge is -2.37. The van der Waals surface area contributed by atoms with Gasteiger partial charge in [0.15, 0.2) is 0 Å². The molecule has 0 N–H and O–H groups in total. The molecule has 0 aromatic carbocycles. The van der Waals surface area contributed by atoms with Crippen LogP contribution in [0.1, 0.15) is 56.8 Å². The third kappa shape index (κ3) is 3.72. The second kappa shape index (κ2) is 7.33. The van der Waals surface area contributed by atoms with Gasteiger partial charge in [-0.05, 0) is 24.5 Å². The standard InChI is InChI=1S/C19H24N4O2/c24-17(7-6-14-4-2-1-3-5-14)23-12-16(13-23)19-21-18(22-25-19)15-8-10-20-11-9-15/h8-11,14,16H,1-7,12-13H2. The summed E-state index contributed by atoms with van der Waals surface area (Å²) in [6.45, 7) is 1.39. The van der Waals surface area contributed by atoms with E-state index in [2.05, 4.69) is 15.1 Å². The van der Waals surface area contributed by atoms with Crippen molar-refractivity contribution in [3.8, 4) is 11.4 Å². The van der Waals surface area contributed by atoms with Crippen molar-refractivity contribution in [2.75, 3.05) is 13.1 Å². The third-order valence-electron chi connectivity index (χ3n) is 5.45. The second-order valence-corrected chi connectivity index (χ2v) is 7.23. The topological polar surface area (TPSA) is 72.1 Å². The maximum atomic E-state index is 12.3. The summed E-state index contributed by atoms with van der Waals surface area (Å²) in [5.74, 6) is 2.41. The number of carbonyl (C=O) groups is 1.